The van der Waals surface area contributed by atoms with E-state index in [1.165, 1.54) is 22.6 Å². The minimum atomic E-state index is 1.10. The van der Waals surface area contributed by atoms with Crippen LogP contribution in [0.3, 0.4) is 0 Å². The van der Waals surface area contributed by atoms with Gasteiger partial charge < -0.3 is 9.62 Å². The summed E-state index contributed by atoms with van der Waals surface area (Å²) in [4.78, 5) is 0. The second-order valence-corrected chi connectivity index (χ2v) is 4.95. The lowest BCUT2D eigenvalue weighted by molar-refractivity contribution is 0.614. The van der Waals surface area contributed by atoms with Crippen molar-refractivity contribution < 1.29 is 0 Å². The Balaban J connectivity index is 2.15. The summed E-state index contributed by atoms with van der Waals surface area (Å²) in [5, 5.41) is 3.26. The van der Waals surface area contributed by atoms with Gasteiger partial charge in [0.05, 0.1) is 5.70 Å². The van der Waals surface area contributed by atoms with E-state index in [0.717, 1.165) is 13.0 Å². The van der Waals surface area contributed by atoms with Crippen molar-refractivity contribution in [2.75, 3.05) is 19.3 Å². The molecule has 0 saturated carbocycles. The van der Waals surface area contributed by atoms with Crippen molar-refractivity contribution in [2.45, 2.75) is 13.3 Å². The number of aryl methyl sites for hydroxylation is 1. The molecule has 1 aromatic carbocycles. The van der Waals surface area contributed by atoms with Crippen LogP contribution in [-0.2, 0) is 6.42 Å². The van der Waals surface area contributed by atoms with Crippen molar-refractivity contribution in [2.24, 2.45) is 0 Å². The predicted molar refractivity (Wildman–Crippen MR) is 72.0 cm³/mol. The highest BCUT2D eigenvalue weighted by Gasteiger charge is 2.12. The first-order valence-electron chi connectivity index (χ1n) is 5.72. The average Bonchev–Trinajstić information content (AvgIpc) is 2.28. The van der Waals surface area contributed by atoms with Crippen LogP contribution in [0.15, 0.2) is 30.5 Å². The second-order valence-electron chi connectivity index (χ2n) is 3.82. The van der Waals surface area contributed by atoms with Crippen LogP contribution < -0.4 is 5.32 Å². The predicted octanol–water partition coefficient (Wildman–Crippen LogP) is 2.73. The standard InChI is InChI=1S/C13H18N2S/c1-3-11-4-6-12(7-5-11)13(14-2)10-15-8-9-16-15/h4-7,10,14H,3,8-9H2,1-2H3/b13-10-. The maximum Gasteiger partial charge on any atom is 0.0582 e. The molecular weight excluding hydrogens is 216 g/mol. The molecule has 0 spiro atoms. The largest absolute Gasteiger partial charge is 0.386 e. The van der Waals surface area contributed by atoms with Crippen LogP contribution in [0.5, 0.6) is 0 Å². The highest BCUT2D eigenvalue weighted by molar-refractivity contribution is 7.98. The molecule has 1 N–H and O–H groups in total. The number of hydrogen-bond acceptors (Lipinski definition) is 3. The summed E-state index contributed by atoms with van der Waals surface area (Å²) in [5.74, 6) is 1.24. The molecule has 1 fully saturated rings. The van der Waals surface area contributed by atoms with E-state index in [1.54, 1.807) is 0 Å². The Labute approximate surface area is 102 Å². The highest BCUT2D eigenvalue weighted by Crippen LogP contribution is 2.24. The van der Waals surface area contributed by atoms with E-state index in [0.29, 0.717) is 0 Å². The van der Waals surface area contributed by atoms with Crippen molar-refractivity contribution in [3.63, 3.8) is 0 Å². The molecule has 3 heteroatoms. The van der Waals surface area contributed by atoms with E-state index in [-0.39, 0.29) is 0 Å². The van der Waals surface area contributed by atoms with Crippen LogP contribution in [0, 0.1) is 0 Å². The molecule has 0 bridgehead atoms. The summed E-state index contributed by atoms with van der Waals surface area (Å²) in [6, 6.07) is 8.77. The van der Waals surface area contributed by atoms with Gasteiger partial charge in [-0.15, -0.1) is 0 Å². The Bertz CT molecular complexity index is 366. The van der Waals surface area contributed by atoms with Gasteiger partial charge in [-0.3, -0.25) is 0 Å². The fourth-order valence-corrected chi connectivity index (χ4v) is 2.22. The van der Waals surface area contributed by atoms with Gasteiger partial charge >= 0.3 is 0 Å². The Morgan fingerprint density at radius 3 is 2.56 bits per heavy atom. The van der Waals surface area contributed by atoms with Gasteiger partial charge in [0.2, 0.25) is 0 Å². The van der Waals surface area contributed by atoms with Crippen molar-refractivity contribution in [1.82, 2.24) is 9.62 Å². The monoisotopic (exact) mass is 234 g/mol. The molecule has 0 aromatic heterocycles. The number of nitrogens with one attached hydrogen (secondary N) is 1. The molecule has 2 rings (SSSR count). The molecule has 16 heavy (non-hydrogen) atoms. The fraction of sp³-hybridized carbons (Fsp3) is 0.385. The van der Waals surface area contributed by atoms with Crippen LogP contribution in [0.2, 0.25) is 0 Å². The third-order valence-corrected chi connectivity index (χ3v) is 3.77. The number of rotatable bonds is 4. The van der Waals surface area contributed by atoms with Crippen LogP contribution in [0.4, 0.5) is 0 Å². The zero-order valence-electron chi connectivity index (χ0n) is 9.86. The first kappa shape index (κ1) is 11.4. The SMILES string of the molecule is CCc1ccc(/C(=C/N2CCS2)NC)cc1. The van der Waals surface area contributed by atoms with Crippen LogP contribution >= 0.6 is 11.9 Å². The molecule has 0 aliphatic carbocycles. The van der Waals surface area contributed by atoms with E-state index in [9.17, 15) is 0 Å². The Hall–Kier alpha value is -1.09. The minimum Gasteiger partial charge on any atom is -0.386 e. The average molecular weight is 234 g/mol. The van der Waals surface area contributed by atoms with Crippen LogP contribution in [0.1, 0.15) is 18.1 Å². The maximum absolute atomic E-state index is 3.26. The maximum atomic E-state index is 3.26. The third kappa shape index (κ3) is 2.53. The van der Waals surface area contributed by atoms with E-state index in [2.05, 4.69) is 47.0 Å². The Kier molecular flexibility index (Phi) is 3.78. The molecule has 0 amide bonds. The normalized spacial score (nSPS) is 15.9. The van der Waals surface area contributed by atoms with Gasteiger partial charge in [0.15, 0.2) is 0 Å². The summed E-state index contributed by atoms with van der Waals surface area (Å²) >= 11 is 1.87. The van der Waals surface area contributed by atoms with Crippen LogP contribution in [-0.4, -0.2) is 23.7 Å². The molecule has 0 unspecified atom stereocenters. The van der Waals surface area contributed by atoms with Gasteiger partial charge in [-0.1, -0.05) is 31.2 Å². The number of benzene rings is 1. The van der Waals surface area contributed by atoms with Gasteiger partial charge in [0.1, 0.15) is 0 Å². The molecular formula is C13H18N2S. The summed E-state index contributed by atoms with van der Waals surface area (Å²) in [6.07, 6.45) is 3.29. The number of nitrogens with zero attached hydrogens (tertiary/aromatic N) is 1. The minimum absolute atomic E-state index is 1.10. The van der Waals surface area contributed by atoms with Crippen molar-refractivity contribution >= 4 is 17.6 Å². The lowest BCUT2D eigenvalue weighted by atomic mass is 10.1. The Morgan fingerprint density at radius 1 is 1.44 bits per heavy atom. The topological polar surface area (TPSA) is 15.3 Å². The van der Waals surface area contributed by atoms with E-state index < -0.39 is 0 Å². The summed E-state index contributed by atoms with van der Waals surface area (Å²) in [7, 11) is 1.98. The first-order chi connectivity index (χ1) is 7.83. The van der Waals surface area contributed by atoms with Gasteiger partial charge in [0.25, 0.3) is 0 Å². The summed E-state index contributed by atoms with van der Waals surface area (Å²) < 4.78 is 2.26. The molecule has 1 aliphatic heterocycles. The summed E-state index contributed by atoms with van der Waals surface area (Å²) in [6.45, 7) is 3.34. The Morgan fingerprint density at radius 2 is 2.12 bits per heavy atom. The molecule has 2 nitrogen and oxygen atoms in total. The molecule has 1 aromatic rings. The van der Waals surface area contributed by atoms with Gasteiger partial charge in [0, 0.05) is 25.5 Å². The van der Waals surface area contributed by atoms with Gasteiger partial charge in [-0.25, -0.2) is 0 Å². The smallest absolute Gasteiger partial charge is 0.0582 e. The lowest BCUT2D eigenvalue weighted by Crippen LogP contribution is -2.25. The van der Waals surface area contributed by atoms with Gasteiger partial charge in [-0.2, -0.15) is 0 Å². The second kappa shape index (κ2) is 5.30. The number of hydrogen-bond donors (Lipinski definition) is 1. The third-order valence-electron chi connectivity index (χ3n) is 2.78. The summed E-state index contributed by atoms with van der Waals surface area (Å²) in [5.41, 5.74) is 3.83. The molecule has 0 radical (unpaired) electrons. The van der Waals surface area contributed by atoms with Crippen molar-refractivity contribution in [3.05, 3.63) is 41.6 Å². The molecule has 0 atom stereocenters. The zero-order valence-corrected chi connectivity index (χ0v) is 10.7. The fourth-order valence-electron chi connectivity index (χ4n) is 1.65. The zero-order chi connectivity index (χ0) is 11.4. The van der Waals surface area contributed by atoms with Crippen LogP contribution in [0.25, 0.3) is 5.70 Å². The highest BCUT2D eigenvalue weighted by atomic mass is 32.2. The first-order valence-corrected chi connectivity index (χ1v) is 6.66. The molecule has 1 aliphatic rings. The molecule has 1 heterocycles. The van der Waals surface area contributed by atoms with Crippen molar-refractivity contribution in [3.8, 4) is 0 Å². The van der Waals surface area contributed by atoms with E-state index >= 15 is 0 Å². The molecule has 86 valence electrons. The molecule has 1 saturated heterocycles. The van der Waals surface area contributed by atoms with Gasteiger partial charge in [-0.05, 0) is 29.5 Å². The van der Waals surface area contributed by atoms with E-state index in [4.69, 9.17) is 0 Å². The van der Waals surface area contributed by atoms with Crippen molar-refractivity contribution in [1.29, 1.82) is 0 Å². The van der Waals surface area contributed by atoms with E-state index in [1.807, 2.05) is 19.0 Å². The quantitative estimate of drug-likeness (QED) is 0.806. The lowest BCUT2D eigenvalue weighted by Gasteiger charge is -2.28.